The minimum absolute atomic E-state index is 0.257. The fraction of sp³-hybridized carbons (Fsp3) is 0.227. The number of carbonyl (C=O) groups is 1. The first-order valence-electron chi connectivity index (χ1n) is 8.94. The lowest BCUT2D eigenvalue weighted by molar-refractivity contribution is 0.0923. The summed E-state index contributed by atoms with van der Waals surface area (Å²) in [7, 11) is 3.23. The first-order valence-corrected chi connectivity index (χ1v) is 8.94. The molecule has 146 valence electrons. The molecule has 3 rings (SSSR count). The molecule has 0 atom stereocenters. The normalized spacial score (nSPS) is 10.4. The molecule has 0 bridgehead atoms. The van der Waals surface area contributed by atoms with E-state index >= 15 is 0 Å². The van der Waals surface area contributed by atoms with Crippen molar-refractivity contribution in [3.05, 3.63) is 77.7 Å². The molecule has 2 aromatic carbocycles. The second kappa shape index (κ2) is 9.50. The number of nitrogens with one attached hydrogen (secondary N) is 1. The number of ether oxygens (including phenoxy) is 3. The fourth-order valence-electron chi connectivity index (χ4n) is 2.79. The summed E-state index contributed by atoms with van der Waals surface area (Å²) in [4.78, 5) is 12.5. The van der Waals surface area contributed by atoms with Crippen molar-refractivity contribution >= 4 is 5.91 Å². The molecule has 6 nitrogen and oxygen atoms in total. The quantitative estimate of drug-likeness (QED) is 0.610. The predicted molar refractivity (Wildman–Crippen MR) is 105 cm³/mol. The van der Waals surface area contributed by atoms with Gasteiger partial charge in [-0.3, -0.25) is 4.79 Å². The molecule has 28 heavy (non-hydrogen) atoms. The fourth-order valence-corrected chi connectivity index (χ4v) is 2.79. The van der Waals surface area contributed by atoms with Crippen LogP contribution in [0, 0.1) is 0 Å². The number of hydrogen-bond donors (Lipinski definition) is 1. The maximum absolute atomic E-state index is 12.5. The van der Waals surface area contributed by atoms with Gasteiger partial charge in [0.25, 0.3) is 5.91 Å². The Morgan fingerprint density at radius 1 is 0.964 bits per heavy atom. The summed E-state index contributed by atoms with van der Waals surface area (Å²) in [5, 5.41) is 2.88. The highest BCUT2D eigenvalue weighted by molar-refractivity contribution is 5.92. The molecule has 6 heteroatoms. The van der Waals surface area contributed by atoms with Gasteiger partial charge in [-0.2, -0.15) is 0 Å². The minimum Gasteiger partial charge on any atom is -0.497 e. The van der Waals surface area contributed by atoms with Gasteiger partial charge in [-0.25, -0.2) is 0 Å². The van der Waals surface area contributed by atoms with Gasteiger partial charge in [0.15, 0.2) is 5.76 Å². The van der Waals surface area contributed by atoms with Gasteiger partial charge in [-0.15, -0.1) is 0 Å². The van der Waals surface area contributed by atoms with Gasteiger partial charge in [-0.05, 0) is 48.4 Å². The summed E-state index contributed by atoms with van der Waals surface area (Å²) >= 11 is 0. The standard InChI is InChI=1S/C22H23NO5/c1-25-19-8-9-20(26-2)16(14-19)10-12-23-22(24)21-17(11-13-27-21)15-28-18-6-4-3-5-7-18/h3-9,11,13-14H,10,12,15H2,1-2H3,(H,23,24). The Bertz CT molecular complexity index is 904. The van der Waals surface area contributed by atoms with Crippen LogP contribution >= 0.6 is 0 Å². The highest BCUT2D eigenvalue weighted by atomic mass is 16.5. The van der Waals surface area contributed by atoms with Crippen molar-refractivity contribution in [3.8, 4) is 17.2 Å². The van der Waals surface area contributed by atoms with Crippen LogP contribution in [0.1, 0.15) is 21.7 Å². The van der Waals surface area contributed by atoms with Crippen molar-refractivity contribution in [2.24, 2.45) is 0 Å². The van der Waals surface area contributed by atoms with Gasteiger partial charge in [0.05, 0.1) is 20.5 Å². The number of para-hydroxylation sites is 1. The van der Waals surface area contributed by atoms with Gasteiger partial charge < -0.3 is 23.9 Å². The number of furan rings is 1. The molecule has 3 aromatic rings. The summed E-state index contributed by atoms with van der Waals surface area (Å²) < 4.78 is 21.7. The number of amides is 1. The Kier molecular flexibility index (Phi) is 6.57. The molecule has 0 aliphatic heterocycles. The highest BCUT2D eigenvalue weighted by Gasteiger charge is 2.16. The van der Waals surface area contributed by atoms with Crippen LogP contribution in [0.3, 0.4) is 0 Å². The van der Waals surface area contributed by atoms with Gasteiger partial charge in [0, 0.05) is 12.1 Å². The van der Waals surface area contributed by atoms with E-state index in [-0.39, 0.29) is 18.3 Å². The van der Waals surface area contributed by atoms with Crippen molar-refractivity contribution in [1.29, 1.82) is 0 Å². The molecule has 0 spiro atoms. The number of rotatable bonds is 9. The van der Waals surface area contributed by atoms with Crippen molar-refractivity contribution in [2.75, 3.05) is 20.8 Å². The molecule has 1 heterocycles. The minimum atomic E-state index is -0.279. The Morgan fingerprint density at radius 2 is 1.79 bits per heavy atom. The predicted octanol–water partition coefficient (Wildman–Crippen LogP) is 3.85. The lowest BCUT2D eigenvalue weighted by atomic mass is 10.1. The number of hydrogen-bond acceptors (Lipinski definition) is 5. The van der Waals surface area contributed by atoms with E-state index in [1.807, 2.05) is 48.5 Å². The average Bonchev–Trinajstić information content (AvgIpc) is 3.21. The number of carbonyl (C=O) groups excluding carboxylic acids is 1. The highest BCUT2D eigenvalue weighted by Crippen LogP contribution is 2.24. The molecular weight excluding hydrogens is 358 g/mol. The third kappa shape index (κ3) is 4.85. The molecule has 0 fully saturated rings. The van der Waals surface area contributed by atoms with Crippen molar-refractivity contribution in [2.45, 2.75) is 13.0 Å². The summed E-state index contributed by atoms with van der Waals surface area (Å²) in [6, 6.07) is 16.8. The zero-order valence-corrected chi connectivity index (χ0v) is 15.9. The zero-order chi connectivity index (χ0) is 19.8. The van der Waals surface area contributed by atoms with E-state index in [9.17, 15) is 4.79 Å². The molecule has 1 aromatic heterocycles. The van der Waals surface area contributed by atoms with E-state index in [4.69, 9.17) is 18.6 Å². The van der Waals surface area contributed by atoms with Crippen LogP contribution in [0.2, 0.25) is 0 Å². The molecule has 0 aliphatic rings. The largest absolute Gasteiger partial charge is 0.497 e. The van der Waals surface area contributed by atoms with Gasteiger partial charge in [0.2, 0.25) is 0 Å². The smallest absolute Gasteiger partial charge is 0.287 e. The first-order chi connectivity index (χ1) is 13.7. The van der Waals surface area contributed by atoms with Gasteiger partial charge >= 0.3 is 0 Å². The lowest BCUT2D eigenvalue weighted by Gasteiger charge is -2.11. The maximum atomic E-state index is 12.5. The number of methoxy groups -OCH3 is 2. The first kappa shape index (κ1) is 19.4. The zero-order valence-electron chi connectivity index (χ0n) is 15.9. The molecule has 1 N–H and O–H groups in total. The van der Waals surface area contributed by atoms with Crippen LogP contribution in [-0.2, 0) is 13.0 Å². The van der Waals surface area contributed by atoms with Crippen LogP contribution in [0.15, 0.2) is 65.3 Å². The van der Waals surface area contributed by atoms with Crippen molar-refractivity contribution in [3.63, 3.8) is 0 Å². The summed E-state index contributed by atoms with van der Waals surface area (Å²) in [6.45, 7) is 0.690. The molecule has 0 saturated heterocycles. The third-order valence-electron chi connectivity index (χ3n) is 4.26. The maximum Gasteiger partial charge on any atom is 0.287 e. The van der Waals surface area contributed by atoms with E-state index in [2.05, 4.69) is 5.32 Å². The monoisotopic (exact) mass is 381 g/mol. The topological polar surface area (TPSA) is 69.9 Å². The van der Waals surface area contributed by atoms with E-state index in [0.717, 1.165) is 22.8 Å². The summed E-state index contributed by atoms with van der Waals surface area (Å²) in [5.74, 6) is 2.21. The molecule has 0 unspecified atom stereocenters. The van der Waals surface area contributed by atoms with Crippen LogP contribution in [0.5, 0.6) is 17.2 Å². The Hall–Kier alpha value is -3.41. The SMILES string of the molecule is COc1ccc(OC)c(CCNC(=O)c2occc2COc2ccccc2)c1. The van der Waals surface area contributed by atoms with Crippen LogP contribution in [0.4, 0.5) is 0 Å². The molecule has 1 amide bonds. The Balaban J connectivity index is 1.57. The van der Waals surface area contributed by atoms with Crippen LogP contribution < -0.4 is 19.5 Å². The summed E-state index contributed by atoms with van der Waals surface area (Å²) in [5.41, 5.74) is 1.65. The Labute approximate surface area is 164 Å². The van der Waals surface area contributed by atoms with E-state index in [0.29, 0.717) is 18.5 Å². The summed E-state index contributed by atoms with van der Waals surface area (Å²) in [6.07, 6.45) is 2.09. The van der Waals surface area contributed by atoms with Crippen LogP contribution in [-0.4, -0.2) is 26.7 Å². The third-order valence-corrected chi connectivity index (χ3v) is 4.26. The van der Waals surface area contributed by atoms with E-state index in [1.54, 1.807) is 20.3 Å². The molecule has 0 radical (unpaired) electrons. The molecule has 0 saturated carbocycles. The van der Waals surface area contributed by atoms with Crippen molar-refractivity contribution in [1.82, 2.24) is 5.32 Å². The van der Waals surface area contributed by atoms with Crippen LogP contribution in [0.25, 0.3) is 0 Å². The molecular formula is C22H23NO5. The second-order valence-corrected chi connectivity index (χ2v) is 6.06. The Morgan fingerprint density at radius 3 is 2.54 bits per heavy atom. The average molecular weight is 381 g/mol. The van der Waals surface area contributed by atoms with Crippen molar-refractivity contribution < 1.29 is 23.4 Å². The van der Waals surface area contributed by atoms with Gasteiger partial charge in [-0.1, -0.05) is 18.2 Å². The molecule has 0 aliphatic carbocycles. The second-order valence-electron chi connectivity index (χ2n) is 6.06. The van der Waals surface area contributed by atoms with E-state index in [1.165, 1.54) is 6.26 Å². The lowest BCUT2D eigenvalue weighted by Crippen LogP contribution is -2.26. The van der Waals surface area contributed by atoms with E-state index < -0.39 is 0 Å². The van der Waals surface area contributed by atoms with Gasteiger partial charge in [0.1, 0.15) is 23.9 Å². The number of benzene rings is 2.